The highest BCUT2D eigenvalue weighted by atomic mass is 32.2. The zero-order valence-corrected chi connectivity index (χ0v) is 18.3. The van der Waals surface area contributed by atoms with Crippen LogP contribution in [0.3, 0.4) is 0 Å². The van der Waals surface area contributed by atoms with E-state index in [9.17, 15) is 8.42 Å². The molecule has 0 bridgehead atoms. The molecule has 0 aliphatic heterocycles. The summed E-state index contributed by atoms with van der Waals surface area (Å²) in [6.45, 7) is 5.14. The highest BCUT2D eigenvalue weighted by molar-refractivity contribution is 7.89. The second kappa shape index (κ2) is 10.7. The van der Waals surface area contributed by atoms with Gasteiger partial charge in [-0.1, -0.05) is 0 Å². The van der Waals surface area contributed by atoms with E-state index >= 15 is 0 Å². The molecule has 0 amide bonds. The van der Waals surface area contributed by atoms with E-state index in [1.807, 2.05) is 38.1 Å². The fourth-order valence-electron chi connectivity index (χ4n) is 2.74. The van der Waals surface area contributed by atoms with Crippen LogP contribution in [-0.4, -0.2) is 45.0 Å². The quantitative estimate of drug-likeness (QED) is 0.454. The molecule has 0 aliphatic rings. The summed E-state index contributed by atoms with van der Waals surface area (Å²) in [6, 6.07) is 17.3. The molecule has 1 heterocycles. The Morgan fingerprint density at radius 2 is 1.39 bits per heavy atom. The van der Waals surface area contributed by atoms with Gasteiger partial charge in [-0.25, -0.2) is 13.1 Å². The average molecular weight is 444 g/mol. The first-order chi connectivity index (χ1) is 15.0. The molecule has 8 nitrogen and oxygen atoms in total. The normalized spacial score (nSPS) is 11.2. The van der Waals surface area contributed by atoms with Gasteiger partial charge in [0, 0.05) is 18.2 Å². The minimum absolute atomic E-state index is 0.0951. The summed E-state index contributed by atoms with van der Waals surface area (Å²) in [5, 5.41) is 8.20. The molecular weight excluding hydrogens is 418 g/mol. The molecule has 0 saturated carbocycles. The first kappa shape index (κ1) is 22.5. The van der Waals surface area contributed by atoms with Crippen LogP contribution in [0.15, 0.2) is 65.6 Å². The van der Waals surface area contributed by atoms with Crippen molar-refractivity contribution >= 4 is 10.0 Å². The van der Waals surface area contributed by atoms with Crippen molar-refractivity contribution in [3.05, 3.63) is 60.7 Å². The third-order valence-electron chi connectivity index (χ3n) is 4.19. The zero-order valence-electron chi connectivity index (χ0n) is 17.4. The van der Waals surface area contributed by atoms with E-state index in [4.69, 9.17) is 14.2 Å². The maximum Gasteiger partial charge on any atom is 0.240 e. The van der Waals surface area contributed by atoms with Gasteiger partial charge in [-0.05, 0) is 68.4 Å². The second-order valence-electron chi connectivity index (χ2n) is 6.36. The lowest BCUT2D eigenvalue weighted by atomic mass is 10.1. The van der Waals surface area contributed by atoms with Crippen molar-refractivity contribution < 1.29 is 22.6 Å². The molecule has 31 heavy (non-hydrogen) atoms. The molecule has 1 N–H and O–H groups in total. The first-order valence-electron chi connectivity index (χ1n) is 9.94. The van der Waals surface area contributed by atoms with Crippen LogP contribution < -0.4 is 18.9 Å². The van der Waals surface area contributed by atoms with Crippen molar-refractivity contribution in [2.45, 2.75) is 18.7 Å². The summed E-state index contributed by atoms with van der Waals surface area (Å²) < 4.78 is 43.4. The topological polar surface area (TPSA) is 99.6 Å². The first-order valence-corrected chi connectivity index (χ1v) is 11.4. The van der Waals surface area contributed by atoms with Gasteiger partial charge in [0.2, 0.25) is 15.9 Å². The predicted octanol–water partition coefficient (Wildman–Crippen LogP) is 3.30. The number of rotatable bonds is 11. The smallest absolute Gasteiger partial charge is 0.240 e. The van der Waals surface area contributed by atoms with Gasteiger partial charge >= 0.3 is 0 Å². The van der Waals surface area contributed by atoms with E-state index in [-0.39, 0.29) is 18.0 Å². The third kappa shape index (κ3) is 6.40. The molecule has 0 saturated heterocycles. The van der Waals surface area contributed by atoms with E-state index < -0.39 is 10.0 Å². The number of nitrogens with zero attached hydrogens (tertiary/aromatic N) is 2. The Balaban J connectivity index is 1.49. The van der Waals surface area contributed by atoms with Crippen molar-refractivity contribution in [3.63, 3.8) is 0 Å². The molecule has 3 rings (SSSR count). The van der Waals surface area contributed by atoms with E-state index in [1.165, 1.54) is 12.1 Å². The lowest BCUT2D eigenvalue weighted by molar-refractivity contribution is 0.307. The van der Waals surface area contributed by atoms with Crippen LogP contribution in [0.25, 0.3) is 11.3 Å². The summed E-state index contributed by atoms with van der Waals surface area (Å²) >= 11 is 0. The Morgan fingerprint density at radius 3 is 1.94 bits per heavy atom. The van der Waals surface area contributed by atoms with Crippen LogP contribution in [0, 0.1) is 0 Å². The highest BCUT2D eigenvalue weighted by Gasteiger charge is 2.13. The minimum atomic E-state index is -3.63. The van der Waals surface area contributed by atoms with Crippen molar-refractivity contribution in [1.29, 1.82) is 0 Å². The van der Waals surface area contributed by atoms with Gasteiger partial charge in [0.05, 0.1) is 23.8 Å². The fourth-order valence-corrected chi connectivity index (χ4v) is 3.75. The Hall–Kier alpha value is -3.17. The molecule has 0 aliphatic carbocycles. The van der Waals surface area contributed by atoms with Crippen LogP contribution in [0.2, 0.25) is 0 Å². The van der Waals surface area contributed by atoms with Crippen LogP contribution in [0.4, 0.5) is 0 Å². The molecular formula is C22H25N3O5S. The van der Waals surface area contributed by atoms with E-state index in [2.05, 4.69) is 14.9 Å². The molecule has 1 aromatic heterocycles. The largest absolute Gasteiger partial charge is 0.494 e. The summed E-state index contributed by atoms with van der Waals surface area (Å²) in [5.74, 6) is 1.74. The molecule has 0 spiro atoms. The number of sulfonamides is 1. The summed E-state index contributed by atoms with van der Waals surface area (Å²) in [7, 11) is -3.63. The lowest BCUT2D eigenvalue weighted by Gasteiger charge is -2.09. The third-order valence-corrected chi connectivity index (χ3v) is 5.67. The zero-order chi connectivity index (χ0) is 22.1. The monoisotopic (exact) mass is 443 g/mol. The Morgan fingerprint density at radius 1 is 0.774 bits per heavy atom. The maximum absolute atomic E-state index is 12.3. The molecule has 3 aromatic rings. The van der Waals surface area contributed by atoms with Gasteiger partial charge in [0.15, 0.2) is 0 Å². The average Bonchev–Trinajstić information content (AvgIpc) is 2.79. The molecule has 2 aromatic carbocycles. The minimum Gasteiger partial charge on any atom is -0.494 e. The standard InChI is InChI=1S/C22H25N3O5S/c1-3-28-18-7-5-17(6-8-18)21-13-14-22(25-24-21)30-16-15-23-31(26,27)20-11-9-19(10-12-20)29-4-2/h5-14,23H,3-4,15-16H2,1-2H3. The fraction of sp³-hybridized carbons (Fsp3) is 0.273. The predicted molar refractivity (Wildman–Crippen MR) is 117 cm³/mol. The molecule has 0 fully saturated rings. The SMILES string of the molecule is CCOc1ccc(-c2ccc(OCCNS(=O)(=O)c3ccc(OCC)cc3)nn2)cc1. The molecule has 0 atom stereocenters. The highest BCUT2D eigenvalue weighted by Crippen LogP contribution is 2.21. The van der Waals surface area contributed by atoms with Gasteiger partial charge in [0.1, 0.15) is 18.1 Å². The maximum atomic E-state index is 12.3. The summed E-state index contributed by atoms with van der Waals surface area (Å²) in [6.07, 6.45) is 0. The number of benzene rings is 2. The van der Waals surface area contributed by atoms with Crippen molar-refractivity contribution in [2.24, 2.45) is 0 Å². The Labute approximate surface area is 182 Å². The summed E-state index contributed by atoms with van der Waals surface area (Å²) in [4.78, 5) is 0.162. The number of aromatic nitrogens is 2. The van der Waals surface area contributed by atoms with Gasteiger partial charge in [-0.3, -0.25) is 0 Å². The van der Waals surface area contributed by atoms with Gasteiger partial charge < -0.3 is 14.2 Å². The molecule has 164 valence electrons. The second-order valence-corrected chi connectivity index (χ2v) is 8.13. The number of hydrogen-bond donors (Lipinski definition) is 1. The van der Waals surface area contributed by atoms with E-state index in [0.717, 1.165) is 11.3 Å². The van der Waals surface area contributed by atoms with Gasteiger partial charge in [-0.2, -0.15) is 0 Å². The number of ether oxygens (including phenoxy) is 3. The number of hydrogen-bond acceptors (Lipinski definition) is 7. The van der Waals surface area contributed by atoms with E-state index in [1.54, 1.807) is 24.3 Å². The molecule has 0 radical (unpaired) electrons. The number of nitrogens with one attached hydrogen (secondary N) is 1. The van der Waals surface area contributed by atoms with Crippen molar-refractivity contribution in [3.8, 4) is 28.6 Å². The van der Waals surface area contributed by atoms with E-state index in [0.29, 0.717) is 30.5 Å². The van der Waals surface area contributed by atoms with Crippen LogP contribution >= 0.6 is 0 Å². The van der Waals surface area contributed by atoms with Gasteiger partial charge in [-0.15, -0.1) is 10.2 Å². The van der Waals surface area contributed by atoms with Gasteiger partial charge in [0.25, 0.3) is 0 Å². The van der Waals surface area contributed by atoms with Crippen LogP contribution in [0.1, 0.15) is 13.8 Å². The van der Waals surface area contributed by atoms with Crippen molar-refractivity contribution in [1.82, 2.24) is 14.9 Å². The summed E-state index contributed by atoms with van der Waals surface area (Å²) in [5.41, 5.74) is 1.61. The van der Waals surface area contributed by atoms with Crippen LogP contribution in [-0.2, 0) is 10.0 Å². The van der Waals surface area contributed by atoms with Crippen molar-refractivity contribution in [2.75, 3.05) is 26.4 Å². The molecule has 0 unspecified atom stereocenters. The molecule has 9 heteroatoms. The van der Waals surface area contributed by atoms with Crippen LogP contribution in [0.5, 0.6) is 17.4 Å². The Bertz CT molecular complexity index is 1050. The lowest BCUT2D eigenvalue weighted by Crippen LogP contribution is -2.28. The Kier molecular flexibility index (Phi) is 7.80.